The van der Waals surface area contributed by atoms with Crippen molar-refractivity contribution in [3.63, 3.8) is 0 Å². The van der Waals surface area contributed by atoms with Crippen LogP contribution in [0.15, 0.2) is 137 Å². The molecule has 11 heteroatoms. The number of nitrogens with one attached hydrogen (secondary N) is 2. The summed E-state index contributed by atoms with van der Waals surface area (Å²) in [5.41, 5.74) is 7.38. The van der Waals surface area contributed by atoms with Crippen molar-refractivity contribution in [2.45, 2.75) is 19.3 Å². The van der Waals surface area contributed by atoms with Crippen molar-refractivity contribution in [2.75, 3.05) is 0 Å². The Morgan fingerprint density at radius 2 is 1.33 bits per heavy atom. The lowest BCUT2D eigenvalue weighted by atomic mass is 9.88. The zero-order valence-corrected chi connectivity index (χ0v) is 29.7. The van der Waals surface area contributed by atoms with Crippen molar-refractivity contribution in [3.8, 4) is 0 Å². The highest BCUT2D eigenvalue weighted by Crippen LogP contribution is 2.42. The molecule has 8 bridgehead atoms. The average Bonchev–Trinajstić information content (AvgIpc) is 3.95. The van der Waals surface area contributed by atoms with Crippen LogP contribution >= 0.6 is 27.3 Å². The first kappa shape index (κ1) is 32.3. The number of non-ortho nitro benzene ring substituents is 2. The van der Waals surface area contributed by atoms with Gasteiger partial charge in [-0.1, -0.05) is 52.3 Å². The third kappa shape index (κ3) is 5.80. The van der Waals surface area contributed by atoms with Crippen molar-refractivity contribution in [3.05, 3.63) is 200 Å². The van der Waals surface area contributed by atoms with Crippen LogP contribution in [0.2, 0.25) is 0 Å². The van der Waals surface area contributed by atoms with Gasteiger partial charge in [-0.2, -0.15) is 0 Å². The number of halogens is 1. The maximum atomic E-state index is 11.9. The quantitative estimate of drug-likeness (QED) is 0.135. The SMILES string of the molecule is CC1(C)c2ccc([nH]2)/C(c2cccc([N+](=O)[O-])c2)=c2/cc/c([nH]2)=C(\c2cccc([N+](=O)[O-])c2)C2=N/C(=C(/c3ccc(Br)cc3)c3ccc1s3)C=C2. The second-order valence-electron chi connectivity index (χ2n) is 12.8. The number of aromatic amines is 2. The summed E-state index contributed by atoms with van der Waals surface area (Å²) in [6.45, 7) is 4.36. The largest absolute Gasteiger partial charge is 0.358 e. The molecule has 3 aromatic heterocycles. The summed E-state index contributed by atoms with van der Waals surface area (Å²) in [6.07, 6.45) is 3.94. The lowest BCUT2D eigenvalue weighted by Crippen LogP contribution is -2.20. The third-order valence-electron chi connectivity index (χ3n) is 9.30. The smallest absolute Gasteiger partial charge is 0.270 e. The van der Waals surface area contributed by atoms with Crippen LogP contribution in [0.4, 0.5) is 11.4 Å². The van der Waals surface area contributed by atoms with Gasteiger partial charge in [-0.3, -0.25) is 20.2 Å². The van der Waals surface area contributed by atoms with E-state index in [1.807, 2.05) is 54.6 Å². The molecule has 0 saturated heterocycles. The van der Waals surface area contributed by atoms with Crippen LogP contribution in [0.3, 0.4) is 0 Å². The second kappa shape index (κ2) is 12.4. The number of hydrogen-bond donors (Lipinski definition) is 2. The van der Waals surface area contributed by atoms with Gasteiger partial charge in [0.1, 0.15) is 0 Å². The highest BCUT2D eigenvalue weighted by Gasteiger charge is 2.29. The van der Waals surface area contributed by atoms with Crippen molar-refractivity contribution in [1.29, 1.82) is 0 Å². The van der Waals surface area contributed by atoms with Crippen molar-refractivity contribution in [1.82, 2.24) is 9.97 Å². The standard InChI is InChI=1S/C40H28BrN5O4S/c1-40(2)35-19-17-32(44-35)38(25-6-4-8-28(22-25)46(49)50)31-14-13-29(42-31)37(24-5-3-7-27(21-24)45(47)48)30-15-16-33(43-30)39(34-18-20-36(40)51-34)23-9-11-26(41)12-10-23/h3-22,42,44H,1-2H3/b37-29-,38-31-,39-33-. The molecular formula is C40H28BrN5O4S. The summed E-state index contributed by atoms with van der Waals surface area (Å²) in [6, 6.07) is 33.5. The Morgan fingerprint density at radius 3 is 2.00 bits per heavy atom. The van der Waals surface area contributed by atoms with E-state index in [0.717, 1.165) is 48.0 Å². The zero-order valence-electron chi connectivity index (χ0n) is 27.3. The fourth-order valence-corrected chi connectivity index (χ4v) is 8.12. The minimum atomic E-state index is -0.411. The Morgan fingerprint density at radius 1 is 0.686 bits per heavy atom. The molecular weight excluding hydrogens is 726 g/mol. The van der Waals surface area contributed by atoms with Gasteiger partial charge < -0.3 is 9.97 Å². The van der Waals surface area contributed by atoms with E-state index in [2.05, 4.69) is 70.1 Å². The normalized spacial score (nSPS) is 18.5. The van der Waals surface area contributed by atoms with E-state index >= 15 is 0 Å². The van der Waals surface area contributed by atoms with Crippen molar-refractivity contribution >= 4 is 61.1 Å². The number of aromatic nitrogens is 2. The molecule has 6 aromatic rings. The number of hydrogen-bond acceptors (Lipinski definition) is 6. The lowest BCUT2D eigenvalue weighted by Gasteiger charge is -2.22. The molecule has 0 saturated carbocycles. The van der Waals surface area contributed by atoms with E-state index in [1.165, 1.54) is 12.1 Å². The van der Waals surface area contributed by atoms with E-state index in [9.17, 15) is 20.2 Å². The van der Waals surface area contributed by atoms with Crippen molar-refractivity contribution in [2.24, 2.45) is 4.99 Å². The molecule has 0 atom stereocenters. The first-order valence-corrected chi connectivity index (χ1v) is 17.7. The van der Waals surface area contributed by atoms with Crippen LogP contribution in [0.1, 0.15) is 51.7 Å². The molecule has 2 N–H and O–H groups in total. The molecule has 8 rings (SSSR count). The van der Waals surface area contributed by atoms with Gasteiger partial charge in [0.2, 0.25) is 0 Å². The number of H-pyrrole nitrogens is 2. The van der Waals surface area contributed by atoms with Crippen LogP contribution < -0.4 is 10.7 Å². The van der Waals surface area contributed by atoms with Gasteiger partial charge in [0, 0.05) is 82.7 Å². The number of rotatable bonds is 5. The number of allylic oxidation sites excluding steroid dienone is 2. The predicted molar refractivity (Wildman–Crippen MR) is 204 cm³/mol. The third-order valence-corrected chi connectivity index (χ3v) is 11.3. The molecule has 0 aliphatic carbocycles. The average molecular weight is 755 g/mol. The van der Waals surface area contributed by atoms with E-state index in [1.54, 1.807) is 35.6 Å². The lowest BCUT2D eigenvalue weighted by molar-refractivity contribution is -0.385. The van der Waals surface area contributed by atoms with E-state index in [4.69, 9.17) is 4.99 Å². The Kier molecular flexibility index (Phi) is 7.89. The van der Waals surface area contributed by atoms with E-state index in [-0.39, 0.29) is 11.4 Å². The summed E-state index contributed by atoms with van der Waals surface area (Å²) < 4.78 is 0.969. The predicted octanol–water partition coefficient (Wildman–Crippen LogP) is 8.54. The molecule has 5 heterocycles. The summed E-state index contributed by atoms with van der Waals surface area (Å²) >= 11 is 5.27. The van der Waals surface area contributed by atoms with Gasteiger partial charge in [0.15, 0.2) is 0 Å². The maximum Gasteiger partial charge on any atom is 0.270 e. The minimum Gasteiger partial charge on any atom is -0.358 e. The van der Waals surface area contributed by atoms with Crippen LogP contribution in [-0.2, 0) is 5.41 Å². The monoisotopic (exact) mass is 753 g/mol. The molecule has 9 nitrogen and oxygen atoms in total. The molecule has 0 amide bonds. The highest BCUT2D eigenvalue weighted by molar-refractivity contribution is 9.10. The van der Waals surface area contributed by atoms with Gasteiger partial charge in [0.05, 0.1) is 21.3 Å². The van der Waals surface area contributed by atoms with Crippen LogP contribution in [0.25, 0.3) is 16.7 Å². The number of aliphatic imine (C=N–C) groups is 1. The number of nitro groups is 2. The summed E-state index contributed by atoms with van der Waals surface area (Å²) in [4.78, 5) is 37.6. The van der Waals surface area contributed by atoms with Gasteiger partial charge in [0.25, 0.3) is 11.4 Å². The van der Waals surface area contributed by atoms with E-state index < -0.39 is 15.3 Å². The van der Waals surface area contributed by atoms with Gasteiger partial charge in [-0.05, 0) is 91.2 Å². The van der Waals surface area contributed by atoms with Crippen LogP contribution in [0.5, 0.6) is 0 Å². The summed E-state index contributed by atoms with van der Waals surface area (Å²) in [5.74, 6) is 0. The molecule has 2 aliphatic rings. The Labute approximate surface area is 304 Å². The summed E-state index contributed by atoms with van der Waals surface area (Å²) in [5, 5.41) is 25.1. The van der Waals surface area contributed by atoms with E-state index in [0.29, 0.717) is 33.1 Å². The first-order chi connectivity index (χ1) is 24.6. The summed E-state index contributed by atoms with van der Waals surface area (Å²) in [7, 11) is 0. The number of nitrogens with zero attached hydrogens (tertiary/aromatic N) is 3. The van der Waals surface area contributed by atoms with Crippen LogP contribution in [-0.4, -0.2) is 25.5 Å². The molecule has 51 heavy (non-hydrogen) atoms. The number of benzene rings is 3. The zero-order chi connectivity index (χ0) is 35.4. The van der Waals surface area contributed by atoms with Crippen LogP contribution in [0, 0.1) is 20.2 Å². The first-order valence-electron chi connectivity index (χ1n) is 16.1. The number of nitro benzene ring substituents is 2. The van der Waals surface area contributed by atoms with Crippen molar-refractivity contribution < 1.29 is 9.85 Å². The molecule has 0 spiro atoms. The topological polar surface area (TPSA) is 130 Å². The molecule has 0 unspecified atom stereocenters. The molecule has 250 valence electrons. The fourth-order valence-electron chi connectivity index (χ4n) is 6.65. The second-order valence-corrected chi connectivity index (χ2v) is 14.8. The molecule has 3 aromatic carbocycles. The maximum absolute atomic E-state index is 11.9. The number of thiophene rings is 1. The highest BCUT2D eigenvalue weighted by atomic mass is 79.9. The minimum absolute atomic E-state index is 0.0210. The molecule has 0 fully saturated rings. The van der Waals surface area contributed by atoms with Gasteiger partial charge in [-0.15, -0.1) is 11.3 Å². The molecule has 0 radical (unpaired) electrons. The van der Waals surface area contributed by atoms with Gasteiger partial charge >= 0.3 is 0 Å². The Hall–Kier alpha value is -5.91. The number of fused-ring (bicyclic) bond motifs is 7. The Balaban J connectivity index is 1.50. The van der Waals surface area contributed by atoms with Gasteiger partial charge in [-0.25, -0.2) is 4.99 Å². The Bertz CT molecular complexity index is 2640. The molecule has 2 aliphatic heterocycles. The fraction of sp³-hybridized carbons (Fsp3) is 0.0750.